The number of para-hydroxylation sites is 2. The number of phenols is 2. The number of aromatic hydroxyl groups is 2. The van der Waals surface area contributed by atoms with E-state index in [1.54, 1.807) is 22.7 Å². The van der Waals surface area contributed by atoms with Crippen molar-refractivity contribution in [2.75, 3.05) is 0 Å². The molecule has 2 aromatic carbocycles. The molecule has 0 aliphatic heterocycles. The van der Waals surface area contributed by atoms with E-state index >= 15 is 0 Å². The van der Waals surface area contributed by atoms with Gasteiger partial charge in [0.2, 0.25) is 0 Å². The molecule has 34 heavy (non-hydrogen) atoms. The van der Waals surface area contributed by atoms with Gasteiger partial charge in [-0.3, -0.25) is 0 Å². The Morgan fingerprint density at radius 2 is 1.12 bits per heavy atom. The molecule has 1 saturated carbocycles. The van der Waals surface area contributed by atoms with Crippen molar-refractivity contribution in [2.45, 2.75) is 50.9 Å². The highest BCUT2D eigenvalue weighted by Gasteiger charge is 2.25. The normalized spacial score (nSPS) is 18.2. The monoisotopic (exact) mass is 490 g/mol. The Kier molecular flexibility index (Phi) is 7.30. The summed E-state index contributed by atoms with van der Waals surface area (Å²) >= 11 is 3.28. The summed E-state index contributed by atoms with van der Waals surface area (Å²) in [6.07, 6.45) is 4.61. The molecule has 0 spiro atoms. The summed E-state index contributed by atoms with van der Waals surface area (Å²) in [6, 6.07) is 20.7. The number of thiophene rings is 2. The van der Waals surface area contributed by atoms with E-state index in [0.717, 1.165) is 44.8 Å². The second-order valence-electron chi connectivity index (χ2n) is 8.84. The maximum atomic E-state index is 10.9. The van der Waals surface area contributed by atoms with Crippen LogP contribution in [0, 0.1) is 0 Å². The van der Waals surface area contributed by atoms with E-state index in [9.17, 15) is 10.2 Å². The number of hydrogen-bond acceptors (Lipinski definition) is 6. The molecule has 176 valence electrons. The van der Waals surface area contributed by atoms with E-state index in [1.165, 1.54) is 12.8 Å². The SMILES string of the molecule is Oc1c(CN[C@@H]2CCCC[C@H]2NCc2cccc(-c3cccs3)c2O)cccc1-c1cccs1. The first-order valence-corrected chi connectivity index (χ1v) is 13.6. The van der Waals surface area contributed by atoms with Crippen LogP contribution in [-0.2, 0) is 13.1 Å². The third kappa shape index (κ3) is 5.05. The van der Waals surface area contributed by atoms with Gasteiger partial charge in [0.25, 0.3) is 0 Å². The van der Waals surface area contributed by atoms with Gasteiger partial charge in [0.15, 0.2) is 0 Å². The standard InChI is InChI=1S/C28H30N2O2S2/c31-27-19(7-3-9-21(27)25-13-5-15-33-25)17-29-23-11-1-2-12-24(23)30-18-20-8-4-10-22(28(20)32)26-14-6-16-34-26/h3-10,13-16,23-24,29-32H,1-2,11-12,17-18H2/t23-,24-/m1/s1. The molecule has 4 aromatic rings. The van der Waals surface area contributed by atoms with Gasteiger partial charge in [0, 0.05) is 57.2 Å². The Balaban J connectivity index is 1.25. The molecule has 4 N–H and O–H groups in total. The highest BCUT2D eigenvalue weighted by Crippen LogP contribution is 2.36. The lowest BCUT2D eigenvalue weighted by Gasteiger charge is -2.33. The van der Waals surface area contributed by atoms with Crippen molar-refractivity contribution in [3.8, 4) is 32.4 Å². The zero-order chi connectivity index (χ0) is 23.3. The molecule has 2 atom stereocenters. The molecule has 1 aliphatic rings. The molecule has 0 radical (unpaired) electrons. The van der Waals surface area contributed by atoms with Crippen molar-refractivity contribution in [3.63, 3.8) is 0 Å². The topological polar surface area (TPSA) is 64.5 Å². The number of phenolic OH excluding ortho intramolecular Hbond substituents is 2. The Hall–Kier alpha value is -2.64. The predicted octanol–water partition coefficient (Wildman–Crippen LogP) is 6.75. The van der Waals surface area contributed by atoms with Crippen molar-refractivity contribution in [1.29, 1.82) is 0 Å². The van der Waals surface area contributed by atoms with Gasteiger partial charge in [0.05, 0.1) is 0 Å². The van der Waals surface area contributed by atoms with E-state index in [0.29, 0.717) is 36.7 Å². The van der Waals surface area contributed by atoms with Crippen LogP contribution in [-0.4, -0.2) is 22.3 Å². The van der Waals surface area contributed by atoms with E-state index in [4.69, 9.17) is 0 Å². The largest absolute Gasteiger partial charge is 0.507 e. The fraction of sp³-hybridized carbons (Fsp3) is 0.286. The maximum absolute atomic E-state index is 10.9. The predicted molar refractivity (Wildman–Crippen MR) is 143 cm³/mol. The molecule has 1 fully saturated rings. The molecule has 2 aromatic heterocycles. The lowest BCUT2D eigenvalue weighted by Crippen LogP contribution is -2.49. The molecule has 0 amide bonds. The van der Waals surface area contributed by atoms with Crippen LogP contribution in [0.25, 0.3) is 20.9 Å². The minimum absolute atomic E-state index is 0.321. The van der Waals surface area contributed by atoms with Gasteiger partial charge in [-0.05, 0) is 47.9 Å². The molecular weight excluding hydrogens is 460 g/mol. The Labute approximate surface area is 208 Å². The molecule has 2 heterocycles. The van der Waals surface area contributed by atoms with Crippen molar-refractivity contribution < 1.29 is 10.2 Å². The average Bonchev–Trinajstić information content (AvgIpc) is 3.58. The zero-order valence-electron chi connectivity index (χ0n) is 19.0. The van der Waals surface area contributed by atoms with Crippen LogP contribution in [0.5, 0.6) is 11.5 Å². The smallest absolute Gasteiger partial charge is 0.128 e. The summed E-state index contributed by atoms with van der Waals surface area (Å²) in [4.78, 5) is 2.17. The highest BCUT2D eigenvalue weighted by atomic mass is 32.1. The summed E-state index contributed by atoms with van der Waals surface area (Å²) < 4.78 is 0. The van der Waals surface area contributed by atoms with Gasteiger partial charge in [0.1, 0.15) is 11.5 Å². The van der Waals surface area contributed by atoms with Crippen LogP contribution in [0.2, 0.25) is 0 Å². The van der Waals surface area contributed by atoms with Crippen LogP contribution in [0.1, 0.15) is 36.8 Å². The maximum Gasteiger partial charge on any atom is 0.128 e. The minimum atomic E-state index is 0.321. The van der Waals surface area contributed by atoms with Gasteiger partial charge in [-0.2, -0.15) is 0 Å². The van der Waals surface area contributed by atoms with Gasteiger partial charge in [-0.1, -0.05) is 49.2 Å². The lowest BCUT2D eigenvalue weighted by molar-refractivity contribution is 0.279. The highest BCUT2D eigenvalue weighted by molar-refractivity contribution is 7.13. The van der Waals surface area contributed by atoms with Crippen molar-refractivity contribution in [2.24, 2.45) is 0 Å². The number of rotatable bonds is 8. The zero-order valence-corrected chi connectivity index (χ0v) is 20.7. The van der Waals surface area contributed by atoms with Crippen LogP contribution in [0.15, 0.2) is 71.4 Å². The first-order valence-electron chi connectivity index (χ1n) is 11.9. The summed E-state index contributed by atoms with van der Waals surface area (Å²) in [5.74, 6) is 0.737. The molecule has 5 rings (SSSR count). The van der Waals surface area contributed by atoms with Gasteiger partial charge >= 0.3 is 0 Å². The fourth-order valence-electron chi connectivity index (χ4n) is 4.83. The second-order valence-corrected chi connectivity index (χ2v) is 10.7. The van der Waals surface area contributed by atoms with Crippen molar-refractivity contribution >= 4 is 22.7 Å². The minimum Gasteiger partial charge on any atom is -0.507 e. The number of benzene rings is 2. The van der Waals surface area contributed by atoms with Crippen LogP contribution in [0.4, 0.5) is 0 Å². The quantitative estimate of drug-likeness (QED) is 0.221. The third-order valence-corrected chi connectivity index (χ3v) is 8.49. The van der Waals surface area contributed by atoms with Crippen LogP contribution < -0.4 is 10.6 Å². The number of nitrogens with one attached hydrogen (secondary N) is 2. The van der Waals surface area contributed by atoms with Gasteiger partial charge in [-0.25, -0.2) is 0 Å². The van der Waals surface area contributed by atoms with E-state index in [2.05, 4.69) is 10.6 Å². The molecule has 0 unspecified atom stereocenters. The van der Waals surface area contributed by atoms with Gasteiger partial charge in [-0.15, -0.1) is 22.7 Å². The molecule has 0 bridgehead atoms. The van der Waals surface area contributed by atoms with Crippen LogP contribution in [0.3, 0.4) is 0 Å². The Bertz CT molecular complexity index is 1110. The molecule has 0 saturated heterocycles. The summed E-state index contributed by atoms with van der Waals surface area (Å²) in [5, 5.41) is 33.2. The Morgan fingerprint density at radius 1 is 0.647 bits per heavy atom. The van der Waals surface area contributed by atoms with E-state index in [1.807, 2.05) is 71.4 Å². The third-order valence-electron chi connectivity index (χ3n) is 6.69. The molecule has 1 aliphatic carbocycles. The van der Waals surface area contributed by atoms with Gasteiger partial charge < -0.3 is 20.8 Å². The summed E-state index contributed by atoms with van der Waals surface area (Å²) in [7, 11) is 0. The second kappa shape index (κ2) is 10.7. The molecule has 6 heteroatoms. The average molecular weight is 491 g/mol. The van der Waals surface area contributed by atoms with Crippen molar-refractivity contribution in [1.82, 2.24) is 10.6 Å². The first kappa shape index (κ1) is 23.1. The number of hydrogen-bond donors (Lipinski definition) is 4. The van der Waals surface area contributed by atoms with E-state index in [-0.39, 0.29) is 0 Å². The molecule has 4 nitrogen and oxygen atoms in total. The van der Waals surface area contributed by atoms with Crippen molar-refractivity contribution in [3.05, 3.63) is 82.6 Å². The molecular formula is C28H30N2O2S2. The van der Waals surface area contributed by atoms with E-state index < -0.39 is 0 Å². The lowest BCUT2D eigenvalue weighted by atomic mass is 9.89. The Morgan fingerprint density at radius 3 is 1.53 bits per heavy atom. The summed E-state index contributed by atoms with van der Waals surface area (Å²) in [6.45, 7) is 1.26. The van der Waals surface area contributed by atoms with Crippen LogP contribution >= 0.6 is 22.7 Å². The summed E-state index contributed by atoms with van der Waals surface area (Å²) in [5.41, 5.74) is 3.65. The fourth-order valence-corrected chi connectivity index (χ4v) is 6.34. The first-order chi connectivity index (χ1) is 16.7.